The van der Waals surface area contributed by atoms with Gasteiger partial charge in [0.25, 0.3) is 0 Å². The summed E-state index contributed by atoms with van der Waals surface area (Å²) in [6, 6.07) is 5.91. The number of carbonyl (C=O) groups excluding carboxylic acids is 2. The maximum absolute atomic E-state index is 12.5. The van der Waals surface area contributed by atoms with E-state index in [-0.39, 0.29) is 17.3 Å². The van der Waals surface area contributed by atoms with Crippen molar-refractivity contribution in [3.8, 4) is 0 Å². The Labute approximate surface area is 141 Å². The molecule has 0 aromatic heterocycles. The number of urea groups is 1. The van der Waals surface area contributed by atoms with Crippen LogP contribution >= 0.6 is 0 Å². The Bertz CT molecular complexity index is 716. The van der Waals surface area contributed by atoms with Crippen molar-refractivity contribution >= 4 is 27.6 Å². The Hall–Kier alpha value is -2.13. The Morgan fingerprint density at radius 1 is 1.33 bits per heavy atom. The van der Waals surface area contributed by atoms with Gasteiger partial charge in [-0.25, -0.2) is 13.2 Å². The summed E-state index contributed by atoms with van der Waals surface area (Å²) in [5, 5.41) is 5.43. The molecule has 0 unspecified atom stereocenters. The summed E-state index contributed by atoms with van der Waals surface area (Å²) in [4.78, 5) is 24.7. The third kappa shape index (κ3) is 3.85. The van der Waals surface area contributed by atoms with Crippen LogP contribution in [0, 0.1) is 0 Å². The number of anilines is 1. The molecule has 2 N–H and O–H groups in total. The highest BCUT2D eigenvalue weighted by atomic mass is 32.2. The molecule has 8 nitrogen and oxygen atoms in total. The quantitative estimate of drug-likeness (QED) is 0.750. The van der Waals surface area contributed by atoms with Gasteiger partial charge in [0, 0.05) is 31.9 Å². The minimum atomic E-state index is -3.55. The van der Waals surface area contributed by atoms with Crippen LogP contribution in [0.1, 0.15) is 13.8 Å². The van der Waals surface area contributed by atoms with E-state index in [4.69, 9.17) is 0 Å². The molecule has 0 atom stereocenters. The Morgan fingerprint density at radius 3 is 2.62 bits per heavy atom. The van der Waals surface area contributed by atoms with Crippen molar-refractivity contribution in [1.29, 1.82) is 0 Å². The minimum absolute atomic E-state index is 0.0812. The number of imide groups is 1. The van der Waals surface area contributed by atoms with Crippen LogP contribution in [0.4, 0.5) is 10.5 Å². The van der Waals surface area contributed by atoms with Gasteiger partial charge in [-0.3, -0.25) is 9.69 Å². The Balaban J connectivity index is 2.08. The first-order valence-corrected chi connectivity index (χ1v) is 9.26. The third-order valence-corrected chi connectivity index (χ3v) is 5.82. The van der Waals surface area contributed by atoms with Crippen molar-refractivity contribution in [3.05, 3.63) is 24.3 Å². The van der Waals surface area contributed by atoms with E-state index in [1.807, 2.05) is 0 Å². The zero-order chi connectivity index (χ0) is 17.7. The number of nitrogens with one attached hydrogen (secondary N) is 2. The minimum Gasteiger partial charge on any atom is -0.376 e. The number of rotatable bonds is 7. The van der Waals surface area contributed by atoms with Gasteiger partial charge in [0.15, 0.2) is 0 Å². The summed E-state index contributed by atoms with van der Waals surface area (Å²) < 4.78 is 26.4. The van der Waals surface area contributed by atoms with E-state index in [0.29, 0.717) is 31.9 Å². The molecule has 1 aliphatic rings. The average Bonchev–Trinajstić information content (AvgIpc) is 3.00. The second-order valence-corrected chi connectivity index (χ2v) is 7.19. The van der Waals surface area contributed by atoms with Crippen molar-refractivity contribution in [3.63, 3.8) is 0 Å². The highest BCUT2D eigenvalue weighted by Gasteiger charge is 2.26. The number of nitrogens with zero attached hydrogens (tertiary/aromatic N) is 2. The average molecular weight is 354 g/mol. The van der Waals surface area contributed by atoms with Crippen LogP contribution in [0.3, 0.4) is 0 Å². The molecular weight excluding hydrogens is 332 g/mol. The van der Waals surface area contributed by atoms with Gasteiger partial charge in [-0.15, -0.1) is 0 Å². The van der Waals surface area contributed by atoms with Crippen LogP contribution in [-0.4, -0.2) is 62.3 Å². The van der Waals surface area contributed by atoms with E-state index in [1.165, 1.54) is 16.4 Å². The predicted octanol–water partition coefficient (Wildman–Crippen LogP) is 0.681. The summed E-state index contributed by atoms with van der Waals surface area (Å²) in [6.07, 6.45) is 0. The maximum Gasteiger partial charge on any atom is 0.324 e. The molecule has 1 heterocycles. The van der Waals surface area contributed by atoms with E-state index >= 15 is 0 Å². The number of hydrogen-bond acceptors (Lipinski definition) is 5. The summed E-state index contributed by atoms with van der Waals surface area (Å²) in [6.45, 7) is 5.05. The molecule has 0 aliphatic carbocycles. The molecule has 0 saturated carbocycles. The fourth-order valence-electron chi connectivity index (χ4n) is 2.46. The lowest BCUT2D eigenvalue weighted by atomic mass is 10.3. The molecule has 9 heteroatoms. The normalized spacial score (nSPS) is 14.8. The molecule has 132 valence electrons. The predicted molar refractivity (Wildman–Crippen MR) is 90.2 cm³/mol. The summed E-state index contributed by atoms with van der Waals surface area (Å²) in [7, 11) is -3.55. The third-order valence-electron chi connectivity index (χ3n) is 3.78. The summed E-state index contributed by atoms with van der Waals surface area (Å²) >= 11 is 0. The van der Waals surface area contributed by atoms with Gasteiger partial charge < -0.3 is 10.6 Å². The zero-order valence-electron chi connectivity index (χ0n) is 13.8. The van der Waals surface area contributed by atoms with E-state index in [0.717, 1.165) is 4.90 Å². The SMILES string of the molecule is CCN(CC)S(=O)(=O)c1cccc(NCC(=O)N2CCNC2=O)c1. The van der Waals surface area contributed by atoms with Crippen molar-refractivity contribution in [1.82, 2.24) is 14.5 Å². The molecule has 0 spiro atoms. The molecule has 1 aromatic rings. The largest absolute Gasteiger partial charge is 0.376 e. The van der Waals surface area contributed by atoms with Crippen LogP contribution in [0.25, 0.3) is 0 Å². The number of sulfonamides is 1. The lowest BCUT2D eigenvalue weighted by molar-refractivity contribution is -0.125. The van der Waals surface area contributed by atoms with Crippen LogP contribution in [0.2, 0.25) is 0 Å². The van der Waals surface area contributed by atoms with E-state index in [9.17, 15) is 18.0 Å². The van der Waals surface area contributed by atoms with Gasteiger partial charge in [-0.1, -0.05) is 19.9 Å². The van der Waals surface area contributed by atoms with Crippen LogP contribution < -0.4 is 10.6 Å². The molecule has 0 bridgehead atoms. The molecule has 1 saturated heterocycles. The summed E-state index contributed by atoms with van der Waals surface area (Å²) in [5.41, 5.74) is 0.510. The number of amides is 3. The fraction of sp³-hybridized carbons (Fsp3) is 0.467. The molecule has 0 radical (unpaired) electrons. The zero-order valence-corrected chi connectivity index (χ0v) is 14.6. The van der Waals surface area contributed by atoms with Crippen molar-refractivity contribution in [2.75, 3.05) is 38.0 Å². The lowest BCUT2D eigenvalue weighted by Crippen LogP contribution is -2.38. The Morgan fingerprint density at radius 2 is 2.04 bits per heavy atom. The Kier molecular flexibility index (Phi) is 5.79. The molecule has 3 amide bonds. The summed E-state index contributed by atoms with van der Waals surface area (Å²) in [5.74, 6) is -0.359. The fourth-order valence-corrected chi connectivity index (χ4v) is 3.97. The van der Waals surface area contributed by atoms with Crippen molar-refractivity contribution in [2.24, 2.45) is 0 Å². The topological polar surface area (TPSA) is 98.8 Å². The van der Waals surface area contributed by atoms with Crippen molar-refractivity contribution < 1.29 is 18.0 Å². The van der Waals surface area contributed by atoms with Crippen LogP contribution in [-0.2, 0) is 14.8 Å². The van der Waals surface area contributed by atoms with Gasteiger partial charge in [0.05, 0.1) is 11.4 Å². The van der Waals surface area contributed by atoms with Gasteiger partial charge in [0.2, 0.25) is 15.9 Å². The van der Waals surface area contributed by atoms with Gasteiger partial charge >= 0.3 is 6.03 Å². The highest BCUT2D eigenvalue weighted by molar-refractivity contribution is 7.89. The first-order valence-electron chi connectivity index (χ1n) is 7.82. The number of carbonyl (C=O) groups is 2. The first-order chi connectivity index (χ1) is 11.4. The molecule has 24 heavy (non-hydrogen) atoms. The van der Waals surface area contributed by atoms with E-state index in [2.05, 4.69) is 10.6 Å². The van der Waals surface area contributed by atoms with Gasteiger partial charge in [-0.2, -0.15) is 4.31 Å². The lowest BCUT2D eigenvalue weighted by Gasteiger charge is -2.19. The van der Waals surface area contributed by atoms with E-state index in [1.54, 1.807) is 26.0 Å². The standard InChI is InChI=1S/C15H22N4O4S/c1-3-18(4-2)24(22,23)13-7-5-6-12(10-13)17-11-14(20)19-9-8-16-15(19)21/h5-7,10,17H,3-4,8-9,11H2,1-2H3,(H,16,21). The smallest absolute Gasteiger partial charge is 0.324 e. The molecule has 1 aliphatic heterocycles. The van der Waals surface area contributed by atoms with Gasteiger partial charge in [-0.05, 0) is 18.2 Å². The maximum atomic E-state index is 12.5. The second kappa shape index (κ2) is 7.63. The molecular formula is C15H22N4O4S. The van der Waals surface area contributed by atoms with Gasteiger partial charge in [0.1, 0.15) is 0 Å². The number of benzene rings is 1. The monoisotopic (exact) mass is 354 g/mol. The van der Waals surface area contributed by atoms with E-state index < -0.39 is 16.1 Å². The van der Waals surface area contributed by atoms with Crippen LogP contribution in [0.15, 0.2) is 29.2 Å². The first kappa shape index (κ1) is 18.2. The highest BCUT2D eigenvalue weighted by Crippen LogP contribution is 2.19. The molecule has 2 rings (SSSR count). The van der Waals surface area contributed by atoms with Crippen LogP contribution in [0.5, 0.6) is 0 Å². The second-order valence-electron chi connectivity index (χ2n) is 5.25. The van der Waals surface area contributed by atoms with Crippen molar-refractivity contribution in [2.45, 2.75) is 18.7 Å². The molecule has 1 fully saturated rings. The number of hydrogen-bond donors (Lipinski definition) is 2. The molecule has 1 aromatic carbocycles.